The first kappa shape index (κ1) is 18.1. The van der Waals surface area contributed by atoms with Crippen LogP contribution < -0.4 is 9.47 Å². The Balaban J connectivity index is 1.85. The second-order valence-electron chi connectivity index (χ2n) is 6.06. The van der Waals surface area contributed by atoms with Crippen LogP contribution in [0.5, 0.6) is 17.5 Å². The second-order valence-corrected chi connectivity index (χ2v) is 6.47. The van der Waals surface area contributed by atoms with Gasteiger partial charge in [-0.1, -0.05) is 11.6 Å². The van der Waals surface area contributed by atoms with Crippen molar-refractivity contribution in [2.45, 2.75) is 13.5 Å². The molecule has 28 heavy (non-hydrogen) atoms. The Labute approximate surface area is 165 Å². The Hall–Kier alpha value is -3.26. The Morgan fingerprint density at radius 1 is 1.14 bits per heavy atom. The molecular weight excluding hydrogens is 382 g/mol. The van der Waals surface area contributed by atoms with Crippen LogP contribution in [0.4, 0.5) is 0 Å². The second kappa shape index (κ2) is 7.05. The first-order chi connectivity index (χ1) is 13.5. The predicted octanol–water partition coefficient (Wildman–Crippen LogP) is 3.68. The maximum absolute atomic E-state index is 10.7. The Bertz CT molecular complexity index is 1170. The van der Waals surface area contributed by atoms with E-state index < -0.39 is 0 Å². The lowest BCUT2D eigenvalue weighted by atomic mass is 10.1. The molecule has 0 aliphatic rings. The van der Waals surface area contributed by atoms with Crippen molar-refractivity contribution in [1.82, 2.24) is 24.3 Å². The molecule has 4 aromatic rings. The fourth-order valence-corrected chi connectivity index (χ4v) is 3.30. The number of aromatic hydroxyl groups is 1. The minimum Gasteiger partial charge on any atom is -0.494 e. The first-order valence-corrected chi connectivity index (χ1v) is 8.95. The fourth-order valence-electron chi connectivity index (χ4n) is 3.02. The molecule has 0 radical (unpaired) electrons. The van der Waals surface area contributed by atoms with Crippen LogP contribution in [0.1, 0.15) is 6.92 Å². The van der Waals surface area contributed by atoms with E-state index in [1.807, 2.05) is 13.1 Å². The van der Waals surface area contributed by atoms with Crippen molar-refractivity contribution >= 4 is 22.5 Å². The molecule has 4 aromatic heterocycles. The summed E-state index contributed by atoms with van der Waals surface area (Å²) in [5, 5.41) is 15.8. The number of ether oxygens (including phenoxy) is 2. The van der Waals surface area contributed by atoms with Gasteiger partial charge in [-0.3, -0.25) is 9.25 Å². The first-order valence-electron chi connectivity index (χ1n) is 8.57. The van der Waals surface area contributed by atoms with Crippen LogP contribution in [0.2, 0.25) is 5.02 Å². The van der Waals surface area contributed by atoms with Crippen LogP contribution in [-0.2, 0) is 6.54 Å². The number of aromatic nitrogens is 5. The third-order valence-corrected chi connectivity index (χ3v) is 4.75. The zero-order valence-electron chi connectivity index (χ0n) is 15.5. The largest absolute Gasteiger partial charge is 0.494 e. The molecule has 9 heteroatoms. The molecular formula is C19H18ClN5O3. The van der Waals surface area contributed by atoms with E-state index in [1.165, 1.54) is 7.11 Å². The lowest BCUT2D eigenvalue weighted by Crippen LogP contribution is -1.94. The summed E-state index contributed by atoms with van der Waals surface area (Å²) in [6.45, 7) is 2.72. The maximum atomic E-state index is 10.7. The molecule has 1 N–H and O–H groups in total. The SMILES string of the molecule is CCn1cc(-n2cc3nc(-c4cnc(OC)c(OC)c4)cc(Cl)c3c2O)cn1. The van der Waals surface area contributed by atoms with E-state index in [2.05, 4.69) is 15.1 Å². The highest BCUT2D eigenvalue weighted by Gasteiger charge is 2.18. The highest BCUT2D eigenvalue weighted by molar-refractivity contribution is 6.36. The number of halogens is 1. The van der Waals surface area contributed by atoms with E-state index >= 15 is 0 Å². The molecule has 144 valence electrons. The number of hydrogen-bond acceptors (Lipinski definition) is 6. The zero-order valence-corrected chi connectivity index (χ0v) is 16.3. The van der Waals surface area contributed by atoms with E-state index in [-0.39, 0.29) is 5.88 Å². The zero-order chi connectivity index (χ0) is 19.8. The standard InChI is InChI=1S/C19H18ClN5O3/c1-4-24-9-12(8-22-24)25-10-15-17(19(25)26)13(20)6-14(23-15)11-5-16(27-2)18(28-3)21-7-11/h5-10,26H,4H2,1-3H3. The van der Waals surface area contributed by atoms with Crippen molar-refractivity contribution in [3.05, 3.63) is 41.9 Å². The summed E-state index contributed by atoms with van der Waals surface area (Å²) in [6.07, 6.45) is 6.88. The normalized spacial score (nSPS) is 11.1. The Kier molecular flexibility index (Phi) is 4.56. The summed E-state index contributed by atoms with van der Waals surface area (Å²) in [6, 6.07) is 3.46. The van der Waals surface area contributed by atoms with Crippen molar-refractivity contribution in [2.75, 3.05) is 14.2 Å². The van der Waals surface area contributed by atoms with Gasteiger partial charge in [0.05, 0.1) is 47.7 Å². The van der Waals surface area contributed by atoms with Gasteiger partial charge in [0.15, 0.2) is 5.75 Å². The Morgan fingerprint density at radius 3 is 2.64 bits per heavy atom. The van der Waals surface area contributed by atoms with Crippen LogP contribution in [0.25, 0.3) is 27.8 Å². The van der Waals surface area contributed by atoms with Gasteiger partial charge in [-0.25, -0.2) is 9.97 Å². The quantitative estimate of drug-likeness (QED) is 0.550. The van der Waals surface area contributed by atoms with Crippen molar-refractivity contribution in [2.24, 2.45) is 0 Å². The van der Waals surface area contributed by atoms with Crippen molar-refractivity contribution in [1.29, 1.82) is 0 Å². The molecule has 0 aliphatic heterocycles. The number of hydrogen-bond donors (Lipinski definition) is 1. The highest BCUT2D eigenvalue weighted by Crippen LogP contribution is 2.37. The van der Waals surface area contributed by atoms with E-state index in [1.54, 1.807) is 47.1 Å². The average Bonchev–Trinajstić information content (AvgIpc) is 3.31. The number of aryl methyl sites for hydroxylation is 1. The maximum Gasteiger partial charge on any atom is 0.256 e. The van der Waals surface area contributed by atoms with E-state index in [9.17, 15) is 5.11 Å². The highest BCUT2D eigenvalue weighted by atomic mass is 35.5. The molecule has 8 nitrogen and oxygen atoms in total. The van der Waals surface area contributed by atoms with Gasteiger partial charge >= 0.3 is 0 Å². The van der Waals surface area contributed by atoms with Gasteiger partial charge in [-0.05, 0) is 19.1 Å². The molecule has 0 aromatic carbocycles. The summed E-state index contributed by atoms with van der Waals surface area (Å²) in [7, 11) is 3.07. The minimum atomic E-state index is 0.0140. The van der Waals surface area contributed by atoms with E-state index in [0.29, 0.717) is 38.8 Å². The monoisotopic (exact) mass is 399 g/mol. The van der Waals surface area contributed by atoms with Gasteiger partial charge in [0.25, 0.3) is 5.88 Å². The topological polar surface area (TPSA) is 87.2 Å². The molecule has 0 unspecified atom stereocenters. The van der Waals surface area contributed by atoms with Gasteiger partial charge < -0.3 is 14.6 Å². The third-order valence-electron chi connectivity index (χ3n) is 4.45. The van der Waals surface area contributed by atoms with E-state index in [4.69, 9.17) is 21.1 Å². The molecule has 0 spiro atoms. The summed E-state index contributed by atoms with van der Waals surface area (Å²) in [5.74, 6) is 0.890. The van der Waals surface area contributed by atoms with Crippen LogP contribution in [0, 0.1) is 0 Å². The smallest absolute Gasteiger partial charge is 0.256 e. The Morgan fingerprint density at radius 2 is 1.96 bits per heavy atom. The van der Waals surface area contributed by atoms with Crippen molar-refractivity contribution in [3.63, 3.8) is 0 Å². The molecule has 0 fully saturated rings. The van der Waals surface area contributed by atoms with Gasteiger partial charge in [-0.15, -0.1) is 0 Å². The molecule has 0 saturated heterocycles. The minimum absolute atomic E-state index is 0.0140. The van der Waals surface area contributed by atoms with Crippen LogP contribution >= 0.6 is 11.6 Å². The molecule has 0 amide bonds. The lowest BCUT2D eigenvalue weighted by molar-refractivity contribution is 0.343. The predicted molar refractivity (Wildman–Crippen MR) is 106 cm³/mol. The summed E-state index contributed by atoms with van der Waals surface area (Å²) in [5.41, 5.74) is 2.60. The van der Waals surface area contributed by atoms with E-state index in [0.717, 1.165) is 12.2 Å². The lowest BCUT2D eigenvalue weighted by Gasteiger charge is -2.08. The molecule has 4 heterocycles. The fraction of sp³-hybridized carbons (Fsp3) is 0.211. The van der Waals surface area contributed by atoms with Gasteiger partial charge in [0, 0.05) is 30.7 Å². The number of rotatable bonds is 5. The van der Waals surface area contributed by atoms with Crippen LogP contribution in [-0.4, -0.2) is 43.6 Å². The summed E-state index contributed by atoms with van der Waals surface area (Å²) in [4.78, 5) is 8.88. The number of pyridine rings is 2. The number of fused-ring (bicyclic) bond motifs is 1. The summed E-state index contributed by atoms with van der Waals surface area (Å²) >= 11 is 6.47. The molecule has 0 bridgehead atoms. The van der Waals surface area contributed by atoms with Gasteiger partial charge in [0.1, 0.15) is 0 Å². The average molecular weight is 400 g/mol. The molecule has 4 rings (SSSR count). The third kappa shape index (κ3) is 2.91. The van der Waals surface area contributed by atoms with Crippen LogP contribution in [0.15, 0.2) is 36.9 Å². The number of nitrogens with zero attached hydrogens (tertiary/aromatic N) is 5. The van der Waals surface area contributed by atoms with Crippen molar-refractivity contribution < 1.29 is 14.6 Å². The molecule has 0 atom stereocenters. The van der Waals surface area contributed by atoms with Crippen LogP contribution in [0.3, 0.4) is 0 Å². The van der Waals surface area contributed by atoms with Gasteiger partial charge in [-0.2, -0.15) is 5.10 Å². The van der Waals surface area contributed by atoms with Crippen molar-refractivity contribution in [3.8, 4) is 34.5 Å². The van der Waals surface area contributed by atoms with Gasteiger partial charge in [0.2, 0.25) is 5.88 Å². The number of methoxy groups -OCH3 is 2. The summed E-state index contributed by atoms with van der Waals surface area (Å²) < 4.78 is 13.9. The molecule has 0 saturated carbocycles. The molecule has 0 aliphatic carbocycles.